The van der Waals surface area contributed by atoms with Crippen LogP contribution in [0.5, 0.6) is 0 Å². The fraction of sp³-hybridized carbons (Fsp3) is 0.500. The van der Waals surface area contributed by atoms with Crippen molar-refractivity contribution in [2.24, 2.45) is 0 Å². The Balaban J connectivity index is 3.00. The van der Waals surface area contributed by atoms with E-state index in [1.54, 1.807) is 0 Å². The largest absolute Gasteiger partial charge is 0.416 e. The van der Waals surface area contributed by atoms with Gasteiger partial charge in [-0.05, 0) is 31.7 Å². The van der Waals surface area contributed by atoms with Crippen LogP contribution in [-0.2, 0) is 16.2 Å². The van der Waals surface area contributed by atoms with Crippen LogP contribution < -0.4 is 10.0 Å². The Bertz CT molecular complexity index is 591. The summed E-state index contributed by atoms with van der Waals surface area (Å²) in [4.78, 5) is 0. The average Bonchev–Trinajstić information content (AvgIpc) is 2.33. The van der Waals surface area contributed by atoms with Crippen molar-refractivity contribution in [3.63, 3.8) is 0 Å². The quantitative estimate of drug-likeness (QED) is 0.786. The molecule has 0 saturated heterocycles. The van der Waals surface area contributed by atoms with Gasteiger partial charge in [-0.1, -0.05) is 22.9 Å². The minimum absolute atomic E-state index is 0.125. The van der Waals surface area contributed by atoms with E-state index in [4.69, 9.17) is 0 Å². The Morgan fingerprint density at radius 1 is 1.29 bits per heavy atom. The number of halogens is 4. The SMILES string of the molecule is CCNCC(C)S(=O)(=O)Nc1cc(Br)cc(C(F)(F)F)c1. The number of alkyl halides is 3. The summed E-state index contributed by atoms with van der Waals surface area (Å²) in [5.74, 6) is 0. The van der Waals surface area contributed by atoms with Crippen molar-refractivity contribution in [3.8, 4) is 0 Å². The number of benzene rings is 1. The van der Waals surface area contributed by atoms with Gasteiger partial charge in [0.1, 0.15) is 0 Å². The van der Waals surface area contributed by atoms with Crippen LogP contribution in [0.25, 0.3) is 0 Å². The first-order valence-corrected chi connectivity index (χ1v) is 8.50. The van der Waals surface area contributed by atoms with Crippen molar-refractivity contribution < 1.29 is 21.6 Å². The van der Waals surface area contributed by atoms with Gasteiger partial charge >= 0.3 is 6.18 Å². The topological polar surface area (TPSA) is 58.2 Å². The molecule has 1 aromatic carbocycles. The number of hydrogen-bond acceptors (Lipinski definition) is 3. The number of anilines is 1. The summed E-state index contributed by atoms with van der Waals surface area (Å²) in [7, 11) is -3.77. The molecule has 0 aliphatic carbocycles. The summed E-state index contributed by atoms with van der Waals surface area (Å²) >= 11 is 2.94. The van der Waals surface area contributed by atoms with E-state index in [1.165, 1.54) is 13.0 Å². The zero-order valence-electron chi connectivity index (χ0n) is 11.5. The number of hydrogen-bond donors (Lipinski definition) is 2. The zero-order valence-corrected chi connectivity index (χ0v) is 13.9. The maximum atomic E-state index is 12.7. The van der Waals surface area contributed by atoms with Gasteiger partial charge in [-0.3, -0.25) is 4.72 Å². The van der Waals surface area contributed by atoms with E-state index in [1.807, 2.05) is 6.92 Å². The Morgan fingerprint density at radius 3 is 2.43 bits per heavy atom. The Morgan fingerprint density at radius 2 is 1.90 bits per heavy atom. The van der Waals surface area contributed by atoms with Crippen LogP contribution in [0.1, 0.15) is 19.4 Å². The number of sulfonamides is 1. The van der Waals surface area contributed by atoms with E-state index < -0.39 is 27.0 Å². The molecule has 0 bridgehead atoms. The molecule has 0 aromatic heterocycles. The minimum atomic E-state index is -4.54. The molecule has 2 N–H and O–H groups in total. The predicted octanol–water partition coefficient (Wildman–Crippen LogP) is 3.21. The normalized spacial score (nSPS) is 14.0. The molecule has 0 fully saturated rings. The summed E-state index contributed by atoms with van der Waals surface area (Å²) in [5, 5.41) is 2.11. The van der Waals surface area contributed by atoms with E-state index in [0.717, 1.165) is 12.1 Å². The van der Waals surface area contributed by atoms with Gasteiger partial charge in [0.2, 0.25) is 10.0 Å². The van der Waals surface area contributed by atoms with Crippen molar-refractivity contribution in [3.05, 3.63) is 28.2 Å². The molecular formula is C12H16BrF3N2O2S. The van der Waals surface area contributed by atoms with E-state index in [-0.39, 0.29) is 16.7 Å². The maximum absolute atomic E-state index is 12.7. The summed E-state index contributed by atoms with van der Waals surface area (Å²) in [6.07, 6.45) is -4.54. The number of rotatable bonds is 6. The Hall–Kier alpha value is -0.800. The summed E-state index contributed by atoms with van der Waals surface area (Å²) in [6, 6.07) is 2.94. The molecule has 0 spiro atoms. The molecule has 0 aliphatic heterocycles. The lowest BCUT2D eigenvalue weighted by molar-refractivity contribution is -0.137. The standard InChI is InChI=1S/C12H16BrF3N2O2S/c1-3-17-7-8(2)21(19,20)18-11-5-9(12(14,15)16)4-10(13)6-11/h4-6,8,17-18H,3,7H2,1-2H3. The highest BCUT2D eigenvalue weighted by molar-refractivity contribution is 9.10. The van der Waals surface area contributed by atoms with Gasteiger partial charge in [0.05, 0.1) is 16.5 Å². The third-order valence-corrected chi connectivity index (χ3v) is 4.90. The van der Waals surface area contributed by atoms with Gasteiger partial charge in [0, 0.05) is 11.0 Å². The van der Waals surface area contributed by atoms with Crippen LogP contribution in [-0.4, -0.2) is 26.8 Å². The third-order valence-electron chi connectivity index (χ3n) is 2.70. The van der Waals surface area contributed by atoms with Crippen LogP contribution in [0.15, 0.2) is 22.7 Å². The van der Waals surface area contributed by atoms with Crippen molar-refractivity contribution in [1.29, 1.82) is 0 Å². The summed E-state index contributed by atoms with van der Waals surface area (Å²) < 4.78 is 64.5. The van der Waals surface area contributed by atoms with Crippen molar-refractivity contribution in [2.45, 2.75) is 25.3 Å². The lowest BCUT2D eigenvalue weighted by Crippen LogP contribution is -2.34. The highest BCUT2D eigenvalue weighted by atomic mass is 79.9. The molecule has 1 rings (SSSR count). The first-order chi connectivity index (χ1) is 9.56. The van der Waals surface area contributed by atoms with Crippen LogP contribution in [0.2, 0.25) is 0 Å². The highest BCUT2D eigenvalue weighted by Gasteiger charge is 2.31. The van der Waals surface area contributed by atoms with E-state index in [2.05, 4.69) is 26.0 Å². The van der Waals surface area contributed by atoms with Gasteiger partial charge in [-0.25, -0.2) is 8.42 Å². The molecule has 1 unspecified atom stereocenters. The Labute approximate surface area is 130 Å². The molecule has 4 nitrogen and oxygen atoms in total. The van der Waals surface area contributed by atoms with Gasteiger partial charge in [-0.2, -0.15) is 13.2 Å². The summed E-state index contributed by atoms with van der Waals surface area (Å²) in [5.41, 5.74) is -1.05. The molecule has 9 heteroatoms. The van der Waals surface area contributed by atoms with E-state index >= 15 is 0 Å². The van der Waals surface area contributed by atoms with Gasteiger partial charge in [0.15, 0.2) is 0 Å². The lowest BCUT2D eigenvalue weighted by Gasteiger charge is -2.16. The molecule has 120 valence electrons. The molecule has 1 atom stereocenters. The molecule has 21 heavy (non-hydrogen) atoms. The average molecular weight is 389 g/mol. The molecule has 1 aromatic rings. The fourth-order valence-electron chi connectivity index (χ4n) is 1.53. The molecule has 0 heterocycles. The van der Waals surface area contributed by atoms with E-state index in [9.17, 15) is 21.6 Å². The first kappa shape index (κ1) is 18.2. The lowest BCUT2D eigenvalue weighted by atomic mass is 10.2. The second kappa shape index (κ2) is 6.97. The monoisotopic (exact) mass is 388 g/mol. The van der Waals surface area contributed by atoms with Crippen molar-refractivity contribution in [2.75, 3.05) is 17.8 Å². The van der Waals surface area contributed by atoms with Crippen molar-refractivity contribution >= 4 is 31.6 Å². The van der Waals surface area contributed by atoms with Crippen LogP contribution in [0, 0.1) is 0 Å². The Kier molecular flexibility index (Phi) is 6.06. The second-order valence-corrected chi connectivity index (χ2v) is 7.51. The number of nitrogens with one attached hydrogen (secondary N) is 2. The van der Waals surface area contributed by atoms with Gasteiger partial charge in [0.25, 0.3) is 0 Å². The molecule has 0 radical (unpaired) electrons. The minimum Gasteiger partial charge on any atom is -0.316 e. The third kappa shape index (κ3) is 5.48. The molecular weight excluding hydrogens is 373 g/mol. The smallest absolute Gasteiger partial charge is 0.316 e. The first-order valence-electron chi connectivity index (χ1n) is 6.16. The van der Waals surface area contributed by atoms with Gasteiger partial charge in [-0.15, -0.1) is 0 Å². The molecule has 0 amide bonds. The van der Waals surface area contributed by atoms with E-state index in [0.29, 0.717) is 6.54 Å². The zero-order chi connectivity index (χ0) is 16.3. The van der Waals surface area contributed by atoms with Crippen LogP contribution in [0.4, 0.5) is 18.9 Å². The highest BCUT2D eigenvalue weighted by Crippen LogP contribution is 2.33. The fourth-order valence-corrected chi connectivity index (χ4v) is 3.01. The molecule has 0 aliphatic rings. The van der Waals surface area contributed by atoms with Crippen molar-refractivity contribution in [1.82, 2.24) is 5.32 Å². The van der Waals surface area contributed by atoms with Crippen LogP contribution in [0.3, 0.4) is 0 Å². The molecule has 0 saturated carbocycles. The predicted molar refractivity (Wildman–Crippen MR) is 79.7 cm³/mol. The second-order valence-electron chi connectivity index (χ2n) is 4.49. The van der Waals surface area contributed by atoms with Crippen LogP contribution >= 0.6 is 15.9 Å². The maximum Gasteiger partial charge on any atom is 0.416 e. The summed E-state index contributed by atoms with van der Waals surface area (Å²) in [6.45, 7) is 4.13. The van der Waals surface area contributed by atoms with Gasteiger partial charge < -0.3 is 5.32 Å².